The summed E-state index contributed by atoms with van der Waals surface area (Å²) < 4.78 is 7.69. The third kappa shape index (κ3) is 2.95. The lowest BCUT2D eigenvalue weighted by Crippen LogP contribution is -2.32. The smallest absolute Gasteiger partial charge is 0.154 e. The molecule has 0 unspecified atom stereocenters. The van der Waals surface area contributed by atoms with Gasteiger partial charge in [0.05, 0.1) is 12.3 Å². The first-order valence-corrected chi connectivity index (χ1v) is 7.73. The van der Waals surface area contributed by atoms with Crippen molar-refractivity contribution in [2.75, 3.05) is 20.2 Å². The van der Waals surface area contributed by atoms with E-state index in [0.717, 1.165) is 43.2 Å². The van der Waals surface area contributed by atoms with Crippen molar-refractivity contribution in [2.45, 2.75) is 25.0 Å². The summed E-state index contributed by atoms with van der Waals surface area (Å²) in [5.41, 5.74) is 1.99. The summed E-state index contributed by atoms with van der Waals surface area (Å²) in [5.74, 6) is 1.20. The Morgan fingerprint density at radius 2 is 2.39 bits per heavy atom. The van der Waals surface area contributed by atoms with Crippen molar-refractivity contribution < 1.29 is 4.74 Å². The van der Waals surface area contributed by atoms with Crippen LogP contribution in [0, 0.1) is 0 Å². The Kier molecular flexibility index (Phi) is 3.76. The Morgan fingerprint density at radius 3 is 3.26 bits per heavy atom. The molecule has 0 amide bonds. The minimum atomic E-state index is 0.134. The van der Waals surface area contributed by atoms with Crippen LogP contribution in [0.1, 0.15) is 23.7 Å². The maximum absolute atomic E-state index is 5.89. The zero-order valence-corrected chi connectivity index (χ0v) is 13.0. The normalized spacial score (nSPS) is 21.5. The van der Waals surface area contributed by atoms with E-state index in [4.69, 9.17) is 4.74 Å². The van der Waals surface area contributed by atoms with Gasteiger partial charge in [-0.05, 0) is 13.5 Å². The van der Waals surface area contributed by atoms with Gasteiger partial charge in [-0.25, -0.2) is 14.5 Å². The van der Waals surface area contributed by atoms with Crippen LogP contribution < -0.4 is 0 Å². The lowest BCUT2D eigenvalue weighted by atomic mass is 10.0. The summed E-state index contributed by atoms with van der Waals surface area (Å²) in [5, 5.41) is 11.1. The third-order valence-electron chi connectivity index (χ3n) is 4.24. The lowest BCUT2D eigenvalue weighted by Gasteiger charge is -2.23. The molecular formula is C15H19N7O. The van der Waals surface area contributed by atoms with Gasteiger partial charge in [0.1, 0.15) is 12.2 Å². The van der Waals surface area contributed by atoms with Crippen LogP contribution in [0.15, 0.2) is 31.0 Å². The van der Waals surface area contributed by atoms with Gasteiger partial charge < -0.3 is 4.74 Å². The quantitative estimate of drug-likeness (QED) is 0.752. The summed E-state index contributed by atoms with van der Waals surface area (Å²) in [6, 6.07) is 1.89. The van der Waals surface area contributed by atoms with Crippen molar-refractivity contribution in [3.63, 3.8) is 0 Å². The predicted molar refractivity (Wildman–Crippen MR) is 82.8 cm³/mol. The summed E-state index contributed by atoms with van der Waals surface area (Å²) in [6.45, 7) is 2.40. The highest BCUT2D eigenvalue weighted by molar-refractivity contribution is 5.35. The average molecular weight is 313 g/mol. The number of hydrogen-bond donors (Lipinski definition) is 1. The van der Waals surface area contributed by atoms with Gasteiger partial charge in [0.2, 0.25) is 0 Å². The van der Waals surface area contributed by atoms with E-state index in [2.05, 4.69) is 37.2 Å². The topological polar surface area (TPSA) is 84.2 Å². The number of ether oxygens (including phenoxy) is 1. The van der Waals surface area contributed by atoms with Gasteiger partial charge in [-0.3, -0.25) is 10.00 Å². The van der Waals surface area contributed by atoms with Crippen LogP contribution in [0.5, 0.6) is 0 Å². The molecule has 0 bridgehead atoms. The highest BCUT2D eigenvalue weighted by atomic mass is 16.5. The van der Waals surface area contributed by atoms with Crippen LogP contribution in [0.3, 0.4) is 0 Å². The monoisotopic (exact) mass is 313 g/mol. The minimum absolute atomic E-state index is 0.134. The molecule has 0 aliphatic carbocycles. The number of rotatable bonds is 5. The van der Waals surface area contributed by atoms with Gasteiger partial charge in [-0.2, -0.15) is 10.2 Å². The van der Waals surface area contributed by atoms with Crippen LogP contribution in [0.2, 0.25) is 0 Å². The van der Waals surface area contributed by atoms with Crippen LogP contribution in [0.25, 0.3) is 5.65 Å². The highest BCUT2D eigenvalue weighted by Crippen LogP contribution is 2.29. The zero-order valence-electron chi connectivity index (χ0n) is 13.0. The molecule has 4 rings (SSSR count). The molecule has 120 valence electrons. The number of H-pyrrole nitrogens is 1. The van der Waals surface area contributed by atoms with E-state index >= 15 is 0 Å². The fourth-order valence-electron chi connectivity index (χ4n) is 3.15. The van der Waals surface area contributed by atoms with E-state index in [9.17, 15) is 0 Å². The maximum atomic E-state index is 5.89. The molecule has 0 aromatic carbocycles. The maximum Gasteiger partial charge on any atom is 0.154 e. The van der Waals surface area contributed by atoms with Crippen molar-refractivity contribution >= 4 is 5.65 Å². The molecule has 1 aliphatic heterocycles. The second-order valence-electron chi connectivity index (χ2n) is 5.97. The first-order chi connectivity index (χ1) is 11.3. The van der Waals surface area contributed by atoms with Crippen molar-refractivity contribution in [2.24, 2.45) is 0 Å². The third-order valence-corrected chi connectivity index (χ3v) is 4.24. The zero-order chi connectivity index (χ0) is 15.6. The van der Waals surface area contributed by atoms with E-state index < -0.39 is 0 Å². The Balaban J connectivity index is 1.41. The van der Waals surface area contributed by atoms with Gasteiger partial charge in [-0.15, -0.1) is 0 Å². The van der Waals surface area contributed by atoms with E-state index in [0.29, 0.717) is 0 Å². The fraction of sp³-hybridized carbons (Fsp3) is 0.467. The summed E-state index contributed by atoms with van der Waals surface area (Å²) in [7, 11) is 2.09. The second kappa shape index (κ2) is 6.05. The van der Waals surface area contributed by atoms with Crippen molar-refractivity contribution in [3.8, 4) is 0 Å². The molecule has 3 aromatic heterocycles. The molecule has 0 spiro atoms. The average Bonchev–Trinajstić information content (AvgIpc) is 3.27. The predicted octanol–water partition coefficient (Wildman–Crippen LogP) is 0.852. The van der Waals surface area contributed by atoms with Gasteiger partial charge in [0, 0.05) is 49.6 Å². The molecule has 23 heavy (non-hydrogen) atoms. The molecule has 1 N–H and O–H groups in total. The van der Waals surface area contributed by atoms with Gasteiger partial charge in [0.15, 0.2) is 5.65 Å². The van der Waals surface area contributed by atoms with Crippen molar-refractivity contribution in [1.29, 1.82) is 0 Å². The molecule has 2 atom stereocenters. The molecular weight excluding hydrogens is 294 g/mol. The molecule has 3 aromatic rings. The first kappa shape index (κ1) is 14.3. The molecule has 0 saturated carbocycles. The molecule has 0 radical (unpaired) electrons. The van der Waals surface area contributed by atoms with Crippen LogP contribution in [-0.2, 0) is 11.3 Å². The van der Waals surface area contributed by atoms with Gasteiger partial charge >= 0.3 is 0 Å². The summed E-state index contributed by atoms with van der Waals surface area (Å²) in [4.78, 5) is 10.9. The number of hydrogen-bond acceptors (Lipinski definition) is 6. The van der Waals surface area contributed by atoms with E-state index in [1.807, 2.05) is 18.5 Å². The van der Waals surface area contributed by atoms with Gasteiger partial charge in [0.25, 0.3) is 0 Å². The number of nitrogens with one attached hydrogen (secondary N) is 1. The molecule has 1 aliphatic rings. The first-order valence-electron chi connectivity index (χ1n) is 7.73. The Bertz CT molecular complexity index is 769. The molecule has 4 heterocycles. The summed E-state index contributed by atoms with van der Waals surface area (Å²) >= 11 is 0. The Morgan fingerprint density at radius 1 is 1.43 bits per heavy atom. The van der Waals surface area contributed by atoms with E-state index in [1.165, 1.54) is 0 Å². The Hall–Kier alpha value is -2.32. The number of fused-ring (bicyclic) bond motifs is 1. The fourth-order valence-corrected chi connectivity index (χ4v) is 3.15. The number of likely N-dealkylation sites (N-methyl/N-ethyl adjacent to an activating group) is 1. The van der Waals surface area contributed by atoms with Crippen molar-refractivity contribution in [1.82, 2.24) is 34.7 Å². The molecule has 8 heteroatoms. The minimum Gasteiger partial charge on any atom is -0.376 e. The largest absolute Gasteiger partial charge is 0.376 e. The highest BCUT2D eigenvalue weighted by Gasteiger charge is 2.32. The summed E-state index contributed by atoms with van der Waals surface area (Å²) in [6.07, 6.45) is 8.34. The lowest BCUT2D eigenvalue weighted by molar-refractivity contribution is 0.0710. The number of aromatic nitrogens is 6. The number of nitrogens with zero attached hydrogens (tertiary/aromatic N) is 6. The number of aromatic amines is 1. The molecule has 1 saturated heterocycles. The molecule has 8 nitrogen and oxygen atoms in total. The van der Waals surface area contributed by atoms with Crippen LogP contribution in [0.4, 0.5) is 0 Å². The SMILES string of the molecule is CN(Cc1cnc2ccnn2c1)C[C@H]1OCC[C@H]1c1ncn[nH]1. The standard InChI is InChI=1S/C15H19N7O/c1-21(7-11-6-16-14-2-4-19-22(14)8-11)9-13-12(3-5-23-13)15-17-10-18-20-15/h2,4,6,8,10,12-13H,3,5,7,9H2,1H3,(H,17,18,20)/t12-,13-/m1/s1. The van der Waals surface area contributed by atoms with E-state index in [-0.39, 0.29) is 12.0 Å². The van der Waals surface area contributed by atoms with E-state index in [1.54, 1.807) is 17.0 Å². The van der Waals surface area contributed by atoms with Gasteiger partial charge in [-0.1, -0.05) is 0 Å². The Labute approximate surface area is 133 Å². The second-order valence-corrected chi connectivity index (χ2v) is 5.97. The van der Waals surface area contributed by atoms with Crippen molar-refractivity contribution in [3.05, 3.63) is 42.4 Å². The van der Waals surface area contributed by atoms with Crippen LogP contribution in [-0.4, -0.2) is 61.0 Å². The van der Waals surface area contributed by atoms with Crippen LogP contribution >= 0.6 is 0 Å². The molecule has 1 fully saturated rings.